The molecule has 0 aliphatic rings. The van der Waals surface area contributed by atoms with Gasteiger partial charge in [-0.15, -0.1) is 0 Å². The van der Waals surface area contributed by atoms with Crippen LogP contribution in [-0.2, 0) is 12.8 Å². The monoisotopic (exact) mass is 256 g/mol. The van der Waals surface area contributed by atoms with E-state index in [4.69, 9.17) is 0 Å². The predicted molar refractivity (Wildman–Crippen MR) is 71.6 cm³/mol. The summed E-state index contributed by atoms with van der Waals surface area (Å²) in [5, 5.41) is 9.39. The number of halogens is 1. The van der Waals surface area contributed by atoms with Gasteiger partial charge in [-0.3, -0.25) is 0 Å². The van der Waals surface area contributed by atoms with E-state index in [9.17, 15) is 9.50 Å². The second kappa shape index (κ2) is 4.72. The van der Waals surface area contributed by atoms with Crippen molar-refractivity contribution in [3.8, 4) is 5.75 Å². The number of aromatic hydroxyl groups is 1. The summed E-state index contributed by atoms with van der Waals surface area (Å²) >= 11 is 0. The first-order valence-electron chi connectivity index (χ1n) is 6.13. The number of fused-ring (bicyclic) bond motifs is 1. The van der Waals surface area contributed by atoms with E-state index in [1.165, 1.54) is 12.1 Å². The van der Waals surface area contributed by atoms with Gasteiger partial charge in [0.15, 0.2) is 0 Å². The summed E-state index contributed by atoms with van der Waals surface area (Å²) in [6.07, 6.45) is 1.43. The number of hydrogen-bond acceptors (Lipinski definition) is 2. The molecule has 0 fully saturated rings. The van der Waals surface area contributed by atoms with Crippen LogP contribution < -0.4 is 0 Å². The number of nitrogens with one attached hydrogen (secondary N) is 1. The summed E-state index contributed by atoms with van der Waals surface area (Å²) in [6, 6.07) is 11.6. The van der Waals surface area contributed by atoms with Gasteiger partial charge >= 0.3 is 0 Å². The molecule has 0 saturated carbocycles. The fourth-order valence-electron chi connectivity index (χ4n) is 2.12. The van der Waals surface area contributed by atoms with Crippen molar-refractivity contribution in [2.75, 3.05) is 0 Å². The van der Waals surface area contributed by atoms with E-state index < -0.39 is 0 Å². The van der Waals surface area contributed by atoms with Crippen molar-refractivity contribution in [3.63, 3.8) is 0 Å². The van der Waals surface area contributed by atoms with Crippen molar-refractivity contribution < 1.29 is 9.50 Å². The lowest BCUT2D eigenvalue weighted by atomic mass is 10.1. The molecule has 1 aromatic heterocycles. The number of rotatable bonds is 3. The molecule has 2 N–H and O–H groups in total. The topological polar surface area (TPSA) is 48.9 Å². The van der Waals surface area contributed by atoms with E-state index in [2.05, 4.69) is 9.97 Å². The fraction of sp³-hybridized carbons (Fsp3) is 0.133. The Hall–Kier alpha value is -2.36. The van der Waals surface area contributed by atoms with E-state index in [1.54, 1.807) is 24.3 Å². The van der Waals surface area contributed by atoms with E-state index in [-0.39, 0.29) is 11.6 Å². The normalized spacial score (nSPS) is 11.0. The minimum absolute atomic E-state index is 0.216. The highest BCUT2D eigenvalue weighted by Gasteiger charge is 2.04. The molecule has 3 rings (SSSR count). The first kappa shape index (κ1) is 11.7. The standard InChI is InChI=1S/C15H13FN2O/c16-11-3-1-2-10(8-11)4-7-15-17-13-6-5-12(19)9-14(13)18-15/h1-3,5-6,8-9,19H,4,7H2,(H,17,18). The number of imidazole rings is 1. The third-order valence-corrected chi connectivity index (χ3v) is 3.05. The maximum atomic E-state index is 13.1. The SMILES string of the molecule is Oc1ccc2nc(CCc3cccc(F)c3)[nH]c2c1. The maximum Gasteiger partial charge on any atom is 0.123 e. The molecule has 0 saturated heterocycles. The van der Waals surface area contributed by atoms with Crippen LogP contribution in [0.3, 0.4) is 0 Å². The van der Waals surface area contributed by atoms with Crippen molar-refractivity contribution >= 4 is 11.0 Å². The Bertz CT molecular complexity index is 721. The van der Waals surface area contributed by atoms with Crippen molar-refractivity contribution in [2.24, 2.45) is 0 Å². The number of aromatic amines is 1. The van der Waals surface area contributed by atoms with E-state index in [0.29, 0.717) is 6.42 Å². The average molecular weight is 256 g/mol. The van der Waals surface area contributed by atoms with Crippen LogP contribution in [0.15, 0.2) is 42.5 Å². The van der Waals surface area contributed by atoms with Crippen LogP contribution >= 0.6 is 0 Å². The Labute approximate surface area is 109 Å². The zero-order valence-corrected chi connectivity index (χ0v) is 10.2. The molecule has 0 radical (unpaired) electrons. The molecule has 3 aromatic rings. The second-order valence-electron chi connectivity index (χ2n) is 4.51. The van der Waals surface area contributed by atoms with Crippen LogP contribution in [0.2, 0.25) is 0 Å². The van der Waals surface area contributed by atoms with Gasteiger partial charge in [-0.05, 0) is 36.2 Å². The number of aryl methyl sites for hydroxylation is 2. The van der Waals surface area contributed by atoms with Crippen molar-refractivity contribution in [1.82, 2.24) is 9.97 Å². The molecular formula is C15H13FN2O. The molecular weight excluding hydrogens is 243 g/mol. The largest absolute Gasteiger partial charge is 0.508 e. The summed E-state index contributed by atoms with van der Waals surface area (Å²) in [5.74, 6) is 0.838. The number of H-pyrrole nitrogens is 1. The van der Waals surface area contributed by atoms with Crippen LogP contribution in [-0.4, -0.2) is 15.1 Å². The number of aromatic nitrogens is 2. The summed E-state index contributed by atoms with van der Waals surface area (Å²) in [4.78, 5) is 7.59. The molecule has 1 heterocycles. The quantitative estimate of drug-likeness (QED) is 0.756. The third-order valence-electron chi connectivity index (χ3n) is 3.05. The first-order valence-corrected chi connectivity index (χ1v) is 6.13. The first-order chi connectivity index (χ1) is 9.20. The number of phenolic OH excluding ortho intramolecular Hbond substituents is 1. The minimum atomic E-state index is -0.216. The molecule has 0 atom stereocenters. The lowest BCUT2D eigenvalue weighted by Gasteiger charge is -1.99. The second-order valence-corrected chi connectivity index (χ2v) is 4.51. The van der Waals surface area contributed by atoms with Crippen LogP contribution in [0.25, 0.3) is 11.0 Å². The van der Waals surface area contributed by atoms with Gasteiger partial charge in [0.05, 0.1) is 11.0 Å². The Morgan fingerprint density at radius 2 is 2.00 bits per heavy atom. The molecule has 4 heteroatoms. The molecule has 19 heavy (non-hydrogen) atoms. The van der Waals surface area contributed by atoms with E-state index >= 15 is 0 Å². The molecule has 3 nitrogen and oxygen atoms in total. The predicted octanol–water partition coefficient (Wildman–Crippen LogP) is 3.19. The zero-order valence-electron chi connectivity index (χ0n) is 10.2. The van der Waals surface area contributed by atoms with Gasteiger partial charge in [0.25, 0.3) is 0 Å². The molecule has 0 aliphatic heterocycles. The van der Waals surface area contributed by atoms with Crippen molar-refractivity contribution in [2.45, 2.75) is 12.8 Å². The zero-order chi connectivity index (χ0) is 13.2. The Balaban J connectivity index is 1.78. The highest BCUT2D eigenvalue weighted by Crippen LogP contribution is 2.18. The third kappa shape index (κ3) is 2.57. The van der Waals surface area contributed by atoms with Crippen LogP contribution in [0.4, 0.5) is 4.39 Å². The Kier molecular flexibility index (Phi) is 2.91. The van der Waals surface area contributed by atoms with Gasteiger partial charge in [0.2, 0.25) is 0 Å². The van der Waals surface area contributed by atoms with E-state index in [1.807, 2.05) is 6.07 Å². The van der Waals surface area contributed by atoms with Crippen LogP contribution in [0.5, 0.6) is 5.75 Å². The summed E-state index contributed by atoms with van der Waals surface area (Å²) < 4.78 is 13.1. The summed E-state index contributed by atoms with van der Waals surface area (Å²) in [7, 11) is 0. The van der Waals surface area contributed by atoms with Crippen molar-refractivity contribution in [1.29, 1.82) is 0 Å². The van der Waals surface area contributed by atoms with Gasteiger partial charge in [-0.25, -0.2) is 9.37 Å². The molecule has 0 aliphatic carbocycles. The summed E-state index contributed by atoms with van der Waals surface area (Å²) in [6.45, 7) is 0. The van der Waals surface area contributed by atoms with Crippen molar-refractivity contribution in [3.05, 3.63) is 59.7 Å². The average Bonchev–Trinajstić information content (AvgIpc) is 2.78. The molecule has 0 unspecified atom stereocenters. The van der Waals surface area contributed by atoms with Gasteiger partial charge in [0, 0.05) is 12.5 Å². The van der Waals surface area contributed by atoms with Gasteiger partial charge in [-0.2, -0.15) is 0 Å². The number of phenols is 1. The highest BCUT2D eigenvalue weighted by molar-refractivity contribution is 5.76. The molecule has 2 aromatic carbocycles. The molecule has 0 bridgehead atoms. The lowest BCUT2D eigenvalue weighted by molar-refractivity contribution is 0.476. The Morgan fingerprint density at radius 3 is 2.84 bits per heavy atom. The Morgan fingerprint density at radius 1 is 1.11 bits per heavy atom. The summed E-state index contributed by atoms with van der Waals surface area (Å²) in [5.41, 5.74) is 2.59. The number of hydrogen-bond donors (Lipinski definition) is 2. The lowest BCUT2D eigenvalue weighted by Crippen LogP contribution is -1.93. The van der Waals surface area contributed by atoms with Crippen LogP contribution in [0.1, 0.15) is 11.4 Å². The van der Waals surface area contributed by atoms with Gasteiger partial charge < -0.3 is 10.1 Å². The number of nitrogens with zero attached hydrogens (tertiary/aromatic N) is 1. The van der Waals surface area contributed by atoms with Crippen LogP contribution in [0, 0.1) is 5.82 Å². The molecule has 0 amide bonds. The van der Waals surface area contributed by atoms with Gasteiger partial charge in [-0.1, -0.05) is 12.1 Å². The minimum Gasteiger partial charge on any atom is -0.508 e. The molecule has 96 valence electrons. The van der Waals surface area contributed by atoms with Gasteiger partial charge in [0.1, 0.15) is 17.4 Å². The number of benzene rings is 2. The highest BCUT2D eigenvalue weighted by atomic mass is 19.1. The van der Waals surface area contributed by atoms with E-state index in [0.717, 1.165) is 28.8 Å². The maximum absolute atomic E-state index is 13.1. The smallest absolute Gasteiger partial charge is 0.123 e. The fourth-order valence-corrected chi connectivity index (χ4v) is 2.12. The molecule has 0 spiro atoms.